The Morgan fingerprint density at radius 3 is 2.50 bits per heavy atom. The van der Waals surface area contributed by atoms with Gasteiger partial charge in [0.25, 0.3) is 0 Å². The van der Waals surface area contributed by atoms with Gasteiger partial charge in [0.15, 0.2) is 0 Å². The Bertz CT molecular complexity index is 321. The van der Waals surface area contributed by atoms with Gasteiger partial charge in [-0.1, -0.05) is 61.9 Å². The van der Waals surface area contributed by atoms with Gasteiger partial charge in [-0.15, -0.1) is 0 Å². The third kappa shape index (κ3) is 4.35. The van der Waals surface area contributed by atoms with Crippen LogP contribution in [0.2, 0.25) is 10.0 Å². The molecule has 89 valence electrons. The summed E-state index contributed by atoms with van der Waals surface area (Å²) in [5.74, 6) is 0.326. The average molecular weight is 258 g/mol. The summed E-state index contributed by atoms with van der Waals surface area (Å²) in [5, 5.41) is 1.24. The molecule has 0 spiro atoms. The molecule has 0 aliphatic rings. The summed E-state index contributed by atoms with van der Waals surface area (Å²) in [6.07, 6.45) is 6.24. The zero-order chi connectivity index (χ0) is 12.0. The predicted octanol–water partition coefficient (Wildman–Crippen LogP) is 5.88. The van der Waals surface area contributed by atoms with Crippen LogP contribution in [-0.2, 0) is 0 Å². The highest BCUT2D eigenvalue weighted by Crippen LogP contribution is 2.28. The number of halogens is 2. The third-order valence-corrected chi connectivity index (χ3v) is 3.56. The molecule has 0 saturated carbocycles. The van der Waals surface area contributed by atoms with Gasteiger partial charge in [-0.05, 0) is 37.0 Å². The maximum absolute atomic E-state index is 5.98. The quantitative estimate of drug-likeness (QED) is 0.559. The molecule has 1 aromatic rings. The second-order valence-corrected chi connectivity index (χ2v) is 5.03. The maximum atomic E-state index is 5.98. The van der Waals surface area contributed by atoms with E-state index in [0.717, 1.165) is 6.42 Å². The van der Waals surface area contributed by atoms with Crippen LogP contribution in [-0.4, -0.2) is 0 Å². The summed E-state index contributed by atoms with van der Waals surface area (Å²) < 4.78 is 0. The Morgan fingerprint density at radius 1 is 1.12 bits per heavy atom. The second-order valence-electron chi connectivity index (χ2n) is 4.22. The Balaban J connectivity index is 2.46. The highest BCUT2D eigenvalue weighted by molar-refractivity contribution is 6.42. The fourth-order valence-corrected chi connectivity index (χ4v) is 2.06. The summed E-state index contributed by atoms with van der Waals surface area (Å²) in [7, 11) is 0. The molecule has 0 N–H and O–H groups in total. The van der Waals surface area contributed by atoms with Crippen LogP contribution in [0.4, 0.5) is 0 Å². The minimum absolute atomic E-state index is 0.326. The molecule has 0 aliphatic carbocycles. The molecule has 16 heavy (non-hydrogen) atoms. The topological polar surface area (TPSA) is 0 Å². The van der Waals surface area contributed by atoms with Crippen molar-refractivity contribution in [2.45, 2.75) is 44.9 Å². The maximum Gasteiger partial charge on any atom is 0.0595 e. The molecule has 0 aromatic heterocycles. The first-order chi connectivity index (χ1) is 7.65. The van der Waals surface area contributed by atoms with Crippen molar-refractivity contribution >= 4 is 23.2 Å². The zero-order valence-electron chi connectivity index (χ0n) is 9.81. The van der Waals surface area contributed by atoms with Gasteiger partial charge in [0.05, 0.1) is 10.0 Å². The SMILES string of the molecule is [CH2]C(CCCCCC)c1ccc(Cl)c(Cl)c1. The van der Waals surface area contributed by atoms with Gasteiger partial charge in [0.1, 0.15) is 0 Å². The van der Waals surface area contributed by atoms with E-state index in [4.69, 9.17) is 23.2 Å². The minimum atomic E-state index is 0.326. The van der Waals surface area contributed by atoms with Gasteiger partial charge >= 0.3 is 0 Å². The molecular formula is C14H19Cl2. The van der Waals surface area contributed by atoms with Crippen LogP contribution in [0.1, 0.15) is 50.5 Å². The lowest BCUT2D eigenvalue weighted by Crippen LogP contribution is -1.94. The van der Waals surface area contributed by atoms with Gasteiger partial charge in [-0.3, -0.25) is 0 Å². The van der Waals surface area contributed by atoms with Crippen LogP contribution in [0, 0.1) is 6.92 Å². The summed E-state index contributed by atoms with van der Waals surface area (Å²) in [6, 6.07) is 5.80. The van der Waals surface area contributed by atoms with Gasteiger partial charge in [-0.2, -0.15) is 0 Å². The lowest BCUT2D eigenvalue weighted by atomic mass is 9.95. The van der Waals surface area contributed by atoms with Crippen LogP contribution in [0.25, 0.3) is 0 Å². The Hall–Kier alpha value is -0.200. The molecule has 1 unspecified atom stereocenters. The number of hydrogen-bond donors (Lipinski definition) is 0. The fraction of sp³-hybridized carbons (Fsp3) is 0.500. The smallest absolute Gasteiger partial charge is 0.0595 e. The highest BCUT2D eigenvalue weighted by Gasteiger charge is 2.07. The summed E-state index contributed by atoms with van der Waals surface area (Å²) in [5.41, 5.74) is 1.19. The van der Waals surface area contributed by atoms with E-state index < -0.39 is 0 Å². The van der Waals surface area contributed by atoms with Crippen molar-refractivity contribution in [1.29, 1.82) is 0 Å². The lowest BCUT2D eigenvalue weighted by Gasteiger charge is -2.12. The predicted molar refractivity (Wildman–Crippen MR) is 73.3 cm³/mol. The van der Waals surface area contributed by atoms with Crippen LogP contribution in [0.3, 0.4) is 0 Å². The molecule has 0 fully saturated rings. The van der Waals surface area contributed by atoms with E-state index in [2.05, 4.69) is 13.8 Å². The third-order valence-electron chi connectivity index (χ3n) is 2.82. The van der Waals surface area contributed by atoms with Crippen LogP contribution in [0.15, 0.2) is 18.2 Å². The normalized spacial score (nSPS) is 12.8. The average Bonchev–Trinajstić information content (AvgIpc) is 2.28. The first kappa shape index (κ1) is 13.9. The number of rotatable bonds is 6. The molecule has 0 nitrogen and oxygen atoms in total. The Labute approximate surface area is 109 Å². The van der Waals surface area contributed by atoms with Crippen molar-refractivity contribution in [1.82, 2.24) is 0 Å². The molecule has 1 atom stereocenters. The second kappa shape index (κ2) is 7.19. The summed E-state index contributed by atoms with van der Waals surface area (Å²) in [4.78, 5) is 0. The van der Waals surface area contributed by atoms with Crippen molar-refractivity contribution in [2.75, 3.05) is 0 Å². The summed E-state index contributed by atoms with van der Waals surface area (Å²) >= 11 is 11.9. The van der Waals surface area contributed by atoms with Crippen molar-refractivity contribution in [3.8, 4) is 0 Å². The standard InChI is InChI=1S/C14H19Cl2/c1-3-4-5-6-7-11(2)12-8-9-13(15)14(16)10-12/h8-11H,2-7H2,1H3. The molecule has 0 bridgehead atoms. The van der Waals surface area contributed by atoms with E-state index in [-0.39, 0.29) is 0 Å². The van der Waals surface area contributed by atoms with Gasteiger partial charge in [0.2, 0.25) is 0 Å². The zero-order valence-corrected chi connectivity index (χ0v) is 11.3. The molecule has 0 saturated heterocycles. The molecule has 0 amide bonds. The van der Waals surface area contributed by atoms with E-state index in [1.807, 2.05) is 18.2 Å². The Kier molecular flexibility index (Phi) is 6.23. The highest BCUT2D eigenvalue weighted by atomic mass is 35.5. The number of unbranched alkanes of at least 4 members (excludes halogenated alkanes) is 3. The van der Waals surface area contributed by atoms with Gasteiger partial charge in [0, 0.05) is 0 Å². The largest absolute Gasteiger partial charge is 0.0827 e. The van der Waals surface area contributed by atoms with E-state index in [1.54, 1.807) is 0 Å². The Morgan fingerprint density at radius 2 is 1.88 bits per heavy atom. The van der Waals surface area contributed by atoms with E-state index in [9.17, 15) is 0 Å². The molecule has 0 heterocycles. The van der Waals surface area contributed by atoms with Crippen molar-refractivity contribution in [2.24, 2.45) is 0 Å². The monoisotopic (exact) mass is 257 g/mol. The van der Waals surface area contributed by atoms with Crippen LogP contribution in [0.5, 0.6) is 0 Å². The molecule has 1 aromatic carbocycles. The van der Waals surface area contributed by atoms with Crippen molar-refractivity contribution in [3.63, 3.8) is 0 Å². The molecular weight excluding hydrogens is 239 g/mol. The lowest BCUT2D eigenvalue weighted by molar-refractivity contribution is 0.602. The van der Waals surface area contributed by atoms with E-state index >= 15 is 0 Å². The number of benzene rings is 1. The van der Waals surface area contributed by atoms with E-state index in [0.29, 0.717) is 16.0 Å². The number of hydrogen-bond acceptors (Lipinski definition) is 0. The van der Waals surface area contributed by atoms with Crippen molar-refractivity contribution in [3.05, 3.63) is 40.7 Å². The molecule has 1 rings (SSSR count). The molecule has 1 radical (unpaired) electrons. The molecule has 0 aliphatic heterocycles. The van der Waals surface area contributed by atoms with Crippen LogP contribution >= 0.6 is 23.2 Å². The molecule has 2 heteroatoms. The summed E-state index contributed by atoms with van der Waals surface area (Å²) in [6.45, 7) is 6.40. The van der Waals surface area contributed by atoms with Gasteiger partial charge in [-0.25, -0.2) is 0 Å². The van der Waals surface area contributed by atoms with Crippen molar-refractivity contribution < 1.29 is 0 Å². The van der Waals surface area contributed by atoms with Crippen LogP contribution < -0.4 is 0 Å². The fourth-order valence-electron chi connectivity index (χ4n) is 1.75. The van der Waals surface area contributed by atoms with Gasteiger partial charge < -0.3 is 0 Å². The first-order valence-electron chi connectivity index (χ1n) is 5.93. The van der Waals surface area contributed by atoms with E-state index in [1.165, 1.54) is 31.2 Å². The minimum Gasteiger partial charge on any atom is -0.0827 e. The first-order valence-corrected chi connectivity index (χ1v) is 6.68.